The number of hydrogen-bond donors (Lipinski definition) is 2. The minimum absolute atomic E-state index is 0.00412. The van der Waals surface area contributed by atoms with E-state index in [-0.39, 0.29) is 17.4 Å². The molecule has 4 rings (SSSR count). The van der Waals surface area contributed by atoms with Gasteiger partial charge >= 0.3 is 0 Å². The van der Waals surface area contributed by atoms with Crippen molar-refractivity contribution in [3.05, 3.63) is 18.2 Å². The summed E-state index contributed by atoms with van der Waals surface area (Å²) in [5.41, 5.74) is -1.22. The van der Waals surface area contributed by atoms with Gasteiger partial charge in [0, 0.05) is 44.0 Å². The summed E-state index contributed by atoms with van der Waals surface area (Å²) in [6.07, 6.45) is 6.43. The topological polar surface area (TPSA) is 70.4 Å². The minimum atomic E-state index is -1.22. The highest BCUT2D eigenvalue weighted by molar-refractivity contribution is 5.88. The van der Waals surface area contributed by atoms with Crippen LogP contribution in [0.4, 0.5) is 0 Å². The number of carbonyl (C=O) groups is 1. The van der Waals surface area contributed by atoms with Crippen molar-refractivity contribution >= 4 is 5.91 Å². The molecule has 1 unspecified atom stereocenters. The molecule has 2 saturated heterocycles. The lowest BCUT2D eigenvalue weighted by atomic mass is 9.73. The zero-order valence-electron chi connectivity index (χ0n) is 13.2. The zero-order valence-corrected chi connectivity index (χ0v) is 13.2. The molecule has 0 radical (unpaired) electrons. The Balaban J connectivity index is 1.60. The van der Waals surface area contributed by atoms with Gasteiger partial charge in [0.25, 0.3) is 5.91 Å². The summed E-state index contributed by atoms with van der Waals surface area (Å²) in [7, 11) is 0. The number of likely N-dealkylation sites (tertiary alicyclic amines) is 1. The highest BCUT2D eigenvalue weighted by Crippen LogP contribution is 2.49. The van der Waals surface area contributed by atoms with Crippen LogP contribution in [0.2, 0.25) is 0 Å². The van der Waals surface area contributed by atoms with Crippen molar-refractivity contribution in [2.75, 3.05) is 19.6 Å². The molecule has 3 aliphatic rings. The summed E-state index contributed by atoms with van der Waals surface area (Å²) in [6, 6.07) is -0.0432. The van der Waals surface area contributed by atoms with E-state index in [0.717, 1.165) is 18.3 Å². The minimum Gasteiger partial charge on any atom is -0.377 e. The molecule has 1 saturated carbocycles. The Morgan fingerprint density at radius 1 is 1.45 bits per heavy atom. The van der Waals surface area contributed by atoms with Gasteiger partial charge in [-0.15, -0.1) is 0 Å². The molecule has 22 heavy (non-hydrogen) atoms. The van der Waals surface area contributed by atoms with Crippen LogP contribution in [0.3, 0.4) is 0 Å². The Bertz CT molecular complexity index is 601. The monoisotopic (exact) mass is 304 g/mol. The molecule has 2 N–H and O–H groups in total. The number of carbonyl (C=O) groups excluding carboxylic acids is 1. The summed E-state index contributed by atoms with van der Waals surface area (Å²) in [5, 5.41) is 13.3. The van der Waals surface area contributed by atoms with Crippen LogP contribution in [0.15, 0.2) is 12.4 Å². The molecule has 1 amide bonds. The highest BCUT2D eigenvalue weighted by atomic mass is 16.3. The highest BCUT2D eigenvalue weighted by Gasteiger charge is 2.56. The number of nitrogens with one attached hydrogen (secondary N) is 1. The molecule has 3 heterocycles. The molecule has 6 heteroatoms. The van der Waals surface area contributed by atoms with E-state index in [2.05, 4.69) is 28.7 Å². The summed E-state index contributed by atoms with van der Waals surface area (Å²) >= 11 is 0. The van der Waals surface area contributed by atoms with Gasteiger partial charge in [-0.05, 0) is 18.8 Å². The lowest BCUT2D eigenvalue weighted by Gasteiger charge is -2.56. The van der Waals surface area contributed by atoms with Crippen LogP contribution in [-0.4, -0.2) is 50.7 Å². The Morgan fingerprint density at radius 2 is 2.18 bits per heavy atom. The Kier molecular flexibility index (Phi) is 2.94. The number of nitrogens with zero attached hydrogens (tertiary/aromatic N) is 3. The van der Waals surface area contributed by atoms with Crippen LogP contribution in [-0.2, 0) is 11.3 Å². The molecule has 1 aromatic rings. The first-order valence-corrected chi connectivity index (χ1v) is 8.16. The second-order valence-corrected chi connectivity index (χ2v) is 7.84. The van der Waals surface area contributed by atoms with Crippen molar-refractivity contribution in [2.24, 2.45) is 11.3 Å². The van der Waals surface area contributed by atoms with Crippen LogP contribution in [0.25, 0.3) is 0 Å². The maximum atomic E-state index is 12.7. The number of aliphatic hydroxyl groups is 1. The third-order valence-corrected chi connectivity index (χ3v) is 5.27. The number of hydrogen-bond acceptors (Lipinski definition) is 4. The molecule has 2 aliphatic heterocycles. The summed E-state index contributed by atoms with van der Waals surface area (Å²) in [6.45, 7) is 6.71. The maximum absolute atomic E-state index is 12.7. The van der Waals surface area contributed by atoms with Crippen LogP contribution in [0.5, 0.6) is 0 Å². The van der Waals surface area contributed by atoms with Gasteiger partial charge in [-0.2, -0.15) is 0 Å². The first-order chi connectivity index (χ1) is 10.4. The molecule has 0 spiro atoms. The van der Waals surface area contributed by atoms with E-state index in [1.54, 1.807) is 0 Å². The van der Waals surface area contributed by atoms with Crippen molar-refractivity contribution in [3.63, 3.8) is 0 Å². The molecule has 120 valence electrons. The van der Waals surface area contributed by atoms with Crippen LogP contribution >= 0.6 is 0 Å². The van der Waals surface area contributed by atoms with Gasteiger partial charge in [-0.25, -0.2) is 4.98 Å². The molecule has 1 aromatic heterocycles. The summed E-state index contributed by atoms with van der Waals surface area (Å²) < 4.78 is 2.20. The second-order valence-electron chi connectivity index (χ2n) is 7.84. The Labute approximate surface area is 130 Å². The molecular weight excluding hydrogens is 280 g/mol. The van der Waals surface area contributed by atoms with E-state index in [0.29, 0.717) is 19.6 Å². The standard InChI is InChI=1S/C16H24N4O2/c1-15(2)10-20(14(21)16(22)8-17-9-16)12(15)13-18-5-6-19(13)7-11-3-4-11/h5-6,11-12,17,22H,3-4,7-10H2,1-2H3. The predicted octanol–water partition coefficient (Wildman–Crippen LogP) is 0.537. The quantitative estimate of drug-likeness (QED) is 0.851. The molecule has 0 aromatic carbocycles. The van der Waals surface area contributed by atoms with Gasteiger partial charge in [-0.1, -0.05) is 13.8 Å². The van der Waals surface area contributed by atoms with Crippen molar-refractivity contribution in [1.82, 2.24) is 19.8 Å². The first kappa shape index (κ1) is 14.2. The maximum Gasteiger partial charge on any atom is 0.257 e. The molecule has 0 bridgehead atoms. The van der Waals surface area contributed by atoms with Gasteiger partial charge in [0.05, 0.1) is 6.04 Å². The van der Waals surface area contributed by atoms with Gasteiger partial charge in [0.1, 0.15) is 5.82 Å². The van der Waals surface area contributed by atoms with Crippen LogP contribution < -0.4 is 5.32 Å². The number of aromatic nitrogens is 2. The van der Waals surface area contributed by atoms with E-state index in [4.69, 9.17) is 0 Å². The van der Waals surface area contributed by atoms with Crippen LogP contribution in [0, 0.1) is 11.3 Å². The third-order valence-electron chi connectivity index (χ3n) is 5.27. The van der Waals surface area contributed by atoms with Crippen molar-refractivity contribution in [2.45, 2.75) is 44.9 Å². The van der Waals surface area contributed by atoms with Gasteiger partial charge in [-0.3, -0.25) is 4.79 Å². The fourth-order valence-electron chi connectivity index (χ4n) is 3.69. The Hall–Kier alpha value is -1.40. The van der Waals surface area contributed by atoms with E-state index in [1.165, 1.54) is 12.8 Å². The number of rotatable bonds is 4. The lowest BCUT2D eigenvalue weighted by Crippen LogP contribution is -2.72. The fourth-order valence-corrected chi connectivity index (χ4v) is 3.69. The van der Waals surface area contributed by atoms with Crippen molar-refractivity contribution in [1.29, 1.82) is 0 Å². The van der Waals surface area contributed by atoms with Crippen molar-refractivity contribution < 1.29 is 9.90 Å². The van der Waals surface area contributed by atoms with E-state index in [9.17, 15) is 9.90 Å². The molecule has 1 atom stereocenters. The number of imidazole rings is 1. The average Bonchev–Trinajstić information content (AvgIpc) is 3.13. The SMILES string of the molecule is CC1(C)CN(C(=O)C2(O)CNC2)C1c1nccn1CC1CC1. The normalized spacial score (nSPS) is 28.9. The van der Waals surface area contributed by atoms with Gasteiger partial charge < -0.3 is 19.9 Å². The molecular formula is C16H24N4O2. The first-order valence-electron chi connectivity index (χ1n) is 8.16. The van der Waals surface area contributed by atoms with Gasteiger partial charge in [0.15, 0.2) is 5.60 Å². The van der Waals surface area contributed by atoms with E-state index in [1.807, 2.05) is 17.3 Å². The lowest BCUT2D eigenvalue weighted by molar-refractivity contribution is -0.178. The Morgan fingerprint density at radius 3 is 2.73 bits per heavy atom. The molecule has 6 nitrogen and oxygen atoms in total. The smallest absolute Gasteiger partial charge is 0.257 e. The van der Waals surface area contributed by atoms with Crippen LogP contribution in [0.1, 0.15) is 38.6 Å². The average molecular weight is 304 g/mol. The zero-order chi connectivity index (χ0) is 15.5. The van der Waals surface area contributed by atoms with E-state index >= 15 is 0 Å². The number of β-amino-alcohol motifs (C(OH)–C–C–N with tert-alkyl or cyclic N) is 1. The fraction of sp³-hybridized carbons (Fsp3) is 0.750. The number of amides is 1. The van der Waals surface area contributed by atoms with Crippen molar-refractivity contribution in [3.8, 4) is 0 Å². The predicted molar refractivity (Wildman–Crippen MR) is 81.0 cm³/mol. The second kappa shape index (κ2) is 4.55. The largest absolute Gasteiger partial charge is 0.377 e. The third kappa shape index (κ3) is 2.08. The summed E-state index contributed by atoms with van der Waals surface area (Å²) in [4.78, 5) is 19.0. The van der Waals surface area contributed by atoms with E-state index < -0.39 is 5.60 Å². The summed E-state index contributed by atoms with van der Waals surface area (Å²) in [5.74, 6) is 1.57. The molecule has 1 aliphatic carbocycles. The molecule has 3 fully saturated rings. The van der Waals surface area contributed by atoms with Gasteiger partial charge in [0.2, 0.25) is 0 Å².